The predicted molar refractivity (Wildman–Crippen MR) is 269 cm³/mol. The molecule has 2 aliphatic rings. The molecule has 2 nitrogen and oxygen atoms in total. The van der Waals surface area contributed by atoms with Crippen molar-refractivity contribution in [2.45, 2.75) is 17.8 Å². The highest BCUT2D eigenvalue weighted by Gasteiger charge is 2.47. The zero-order valence-corrected chi connectivity index (χ0v) is 35.9. The molecule has 2 aliphatic carbocycles. The zero-order valence-electron chi connectivity index (χ0n) is 35.9. The van der Waals surface area contributed by atoms with Gasteiger partial charge in [-0.05, 0) is 116 Å². The van der Waals surface area contributed by atoms with Crippen molar-refractivity contribution in [3.8, 4) is 33.4 Å². The van der Waals surface area contributed by atoms with Gasteiger partial charge >= 0.3 is 0 Å². The molecule has 1 atom stereocenters. The topological polar surface area (TPSA) is 16.4 Å². The summed E-state index contributed by atoms with van der Waals surface area (Å²) in [5.74, 6) is 0. The van der Waals surface area contributed by atoms with Crippen LogP contribution in [0, 0.1) is 0 Å². The lowest BCUT2D eigenvalue weighted by Crippen LogP contribution is -2.28. The van der Waals surface area contributed by atoms with Gasteiger partial charge in [0.2, 0.25) is 0 Å². The van der Waals surface area contributed by atoms with E-state index in [4.69, 9.17) is 4.42 Å². The van der Waals surface area contributed by atoms with E-state index in [1.165, 1.54) is 72.3 Å². The van der Waals surface area contributed by atoms with Crippen LogP contribution < -0.4 is 4.90 Å². The van der Waals surface area contributed by atoms with Crippen molar-refractivity contribution in [1.29, 1.82) is 0 Å². The monoisotopic (exact) mass is 829 g/mol. The number of benzene rings is 10. The smallest absolute Gasteiger partial charge is 0.159 e. The first-order chi connectivity index (χ1) is 32.1. The maximum Gasteiger partial charge on any atom is 0.159 e. The summed E-state index contributed by atoms with van der Waals surface area (Å²) in [4.78, 5) is 2.39. The highest BCUT2D eigenvalue weighted by atomic mass is 16.3. The summed E-state index contributed by atoms with van der Waals surface area (Å²) in [6, 6.07) is 89.0. The Kier molecular flexibility index (Phi) is 8.29. The van der Waals surface area contributed by atoms with Gasteiger partial charge < -0.3 is 9.32 Å². The Morgan fingerprint density at radius 3 is 1.65 bits per heavy atom. The molecule has 11 aromatic rings. The maximum absolute atomic E-state index is 6.79. The van der Waals surface area contributed by atoms with Crippen LogP contribution in [-0.4, -0.2) is 0 Å². The van der Waals surface area contributed by atoms with Crippen molar-refractivity contribution >= 4 is 39.0 Å². The molecule has 0 amide bonds. The Morgan fingerprint density at radius 1 is 0.369 bits per heavy atom. The van der Waals surface area contributed by atoms with Crippen LogP contribution in [0.2, 0.25) is 0 Å². The van der Waals surface area contributed by atoms with Crippen LogP contribution in [0.3, 0.4) is 0 Å². The lowest BCUT2D eigenvalue weighted by atomic mass is 9.67. The summed E-state index contributed by atoms with van der Waals surface area (Å²) in [5, 5.41) is 2.21. The number of hydrogen-bond donors (Lipinski definition) is 0. The first-order valence-electron chi connectivity index (χ1n) is 22.6. The van der Waals surface area contributed by atoms with Gasteiger partial charge in [0.25, 0.3) is 0 Å². The molecule has 0 bridgehead atoms. The third kappa shape index (κ3) is 5.35. The fourth-order valence-electron chi connectivity index (χ4n) is 11.6. The third-order valence-electron chi connectivity index (χ3n) is 14.5. The van der Waals surface area contributed by atoms with Gasteiger partial charge in [-0.25, -0.2) is 0 Å². The zero-order chi connectivity index (χ0) is 43.1. The molecule has 65 heavy (non-hydrogen) atoms. The van der Waals surface area contributed by atoms with Crippen molar-refractivity contribution in [3.05, 3.63) is 282 Å². The van der Waals surface area contributed by atoms with E-state index in [0.29, 0.717) is 0 Å². The molecule has 0 aliphatic heterocycles. The fraction of sp³-hybridized carbons (Fsp3) is 0.0476. The number of hydrogen-bond acceptors (Lipinski definition) is 2. The van der Waals surface area contributed by atoms with Crippen molar-refractivity contribution in [3.63, 3.8) is 0 Å². The summed E-state index contributed by atoms with van der Waals surface area (Å²) in [5.41, 5.74) is 20.6. The lowest BCUT2D eigenvalue weighted by molar-refractivity contribution is 0.669. The SMILES string of the molecule is CC1(c2ccccc2)c2ccccc2-c2ccc(N(c3ccc(-c4cccc5c4-c4ccccc4C5(c4ccccc4)c4ccccc4)cc3)c3cccc4c3oc3ccccc34)cc21. The molecule has 0 saturated carbocycles. The average molecular weight is 830 g/mol. The highest BCUT2D eigenvalue weighted by molar-refractivity contribution is 6.10. The van der Waals surface area contributed by atoms with E-state index in [1.807, 2.05) is 6.07 Å². The molecule has 0 fully saturated rings. The van der Waals surface area contributed by atoms with Crippen molar-refractivity contribution in [1.82, 2.24) is 0 Å². The van der Waals surface area contributed by atoms with Crippen LogP contribution in [-0.2, 0) is 10.8 Å². The molecule has 0 saturated heterocycles. The van der Waals surface area contributed by atoms with Gasteiger partial charge in [-0.3, -0.25) is 0 Å². The molecule has 1 heterocycles. The molecular formula is C63H43NO. The molecule has 1 aromatic heterocycles. The van der Waals surface area contributed by atoms with Crippen molar-refractivity contribution in [2.75, 3.05) is 4.90 Å². The molecule has 1 unspecified atom stereocenters. The Morgan fingerprint density at radius 2 is 0.908 bits per heavy atom. The molecule has 0 spiro atoms. The molecule has 13 rings (SSSR count). The molecule has 0 radical (unpaired) electrons. The standard InChI is InChI=1S/C63H43NO/c1-62(43-19-5-2-6-20-43)54-30-14-11-25-49(54)50-40-39-47(41-57(50)62)64(58-33-18-29-52-51-26-13-16-34-59(51)65-61(52)58)46-37-35-42(36-38-46)48-28-17-32-56-60(48)53-27-12-15-31-55(53)63(56,44-21-7-3-8-22-44)45-23-9-4-10-24-45/h2-41H,1H3. The van der Waals surface area contributed by atoms with Crippen LogP contribution >= 0.6 is 0 Å². The summed E-state index contributed by atoms with van der Waals surface area (Å²) < 4.78 is 6.79. The van der Waals surface area contributed by atoms with E-state index < -0.39 is 5.41 Å². The number of fused-ring (bicyclic) bond motifs is 9. The number of anilines is 3. The quantitative estimate of drug-likeness (QED) is 0.159. The Labute approximate surface area is 379 Å². The van der Waals surface area contributed by atoms with E-state index in [2.05, 4.69) is 248 Å². The molecule has 10 aromatic carbocycles. The number of furan rings is 1. The predicted octanol–water partition coefficient (Wildman–Crippen LogP) is 16.4. The van der Waals surface area contributed by atoms with Crippen LogP contribution in [0.5, 0.6) is 0 Å². The minimum absolute atomic E-state index is 0.344. The van der Waals surface area contributed by atoms with Crippen LogP contribution in [0.1, 0.15) is 45.9 Å². The normalized spacial score (nSPS) is 15.3. The Balaban J connectivity index is 1.01. The van der Waals surface area contributed by atoms with E-state index in [-0.39, 0.29) is 5.41 Å². The highest BCUT2D eigenvalue weighted by Crippen LogP contribution is 2.59. The van der Waals surface area contributed by atoms with E-state index in [9.17, 15) is 0 Å². The molecule has 306 valence electrons. The van der Waals surface area contributed by atoms with Gasteiger partial charge in [0.05, 0.1) is 11.1 Å². The second-order valence-corrected chi connectivity index (χ2v) is 17.7. The molecular weight excluding hydrogens is 787 g/mol. The summed E-state index contributed by atoms with van der Waals surface area (Å²) in [6.45, 7) is 2.39. The second-order valence-electron chi connectivity index (χ2n) is 17.7. The largest absolute Gasteiger partial charge is 0.454 e. The summed E-state index contributed by atoms with van der Waals surface area (Å²) >= 11 is 0. The van der Waals surface area contributed by atoms with Gasteiger partial charge in [-0.1, -0.05) is 206 Å². The van der Waals surface area contributed by atoms with E-state index in [0.717, 1.165) is 39.0 Å². The lowest BCUT2D eigenvalue weighted by Gasteiger charge is -2.34. The molecule has 2 heteroatoms. The van der Waals surface area contributed by atoms with E-state index in [1.54, 1.807) is 0 Å². The van der Waals surface area contributed by atoms with Crippen molar-refractivity contribution in [2.24, 2.45) is 0 Å². The summed E-state index contributed by atoms with van der Waals surface area (Å²) in [6.07, 6.45) is 0. The summed E-state index contributed by atoms with van der Waals surface area (Å²) in [7, 11) is 0. The van der Waals surface area contributed by atoms with Crippen LogP contribution in [0.4, 0.5) is 17.1 Å². The Bertz CT molecular complexity index is 3570. The maximum atomic E-state index is 6.79. The average Bonchev–Trinajstić information content (AvgIpc) is 4.00. The first kappa shape index (κ1) is 37.4. The van der Waals surface area contributed by atoms with Gasteiger partial charge in [0.1, 0.15) is 5.58 Å². The van der Waals surface area contributed by atoms with Gasteiger partial charge in [-0.2, -0.15) is 0 Å². The number of para-hydroxylation sites is 2. The third-order valence-corrected chi connectivity index (χ3v) is 14.5. The first-order valence-corrected chi connectivity index (χ1v) is 22.6. The van der Waals surface area contributed by atoms with E-state index >= 15 is 0 Å². The number of nitrogens with zero attached hydrogens (tertiary/aromatic N) is 1. The van der Waals surface area contributed by atoms with Gasteiger partial charge in [0.15, 0.2) is 5.58 Å². The number of rotatable bonds is 7. The van der Waals surface area contributed by atoms with Crippen molar-refractivity contribution < 1.29 is 4.42 Å². The molecule has 0 N–H and O–H groups in total. The minimum Gasteiger partial charge on any atom is -0.454 e. The second kappa shape index (κ2) is 14.4. The Hall–Kier alpha value is -8.20. The van der Waals surface area contributed by atoms with Crippen LogP contribution in [0.25, 0.3) is 55.3 Å². The van der Waals surface area contributed by atoms with Gasteiger partial charge in [0, 0.05) is 27.6 Å². The van der Waals surface area contributed by atoms with Gasteiger partial charge in [-0.15, -0.1) is 0 Å². The minimum atomic E-state index is -0.464. The fourth-order valence-corrected chi connectivity index (χ4v) is 11.6. The van der Waals surface area contributed by atoms with Crippen LogP contribution in [0.15, 0.2) is 247 Å².